The minimum Gasteiger partial charge on any atom is -0.357 e. The van der Waals surface area contributed by atoms with Gasteiger partial charge in [-0.15, -0.1) is 30.6 Å². The number of guanidine groups is 1. The van der Waals surface area contributed by atoms with E-state index in [9.17, 15) is 0 Å². The van der Waals surface area contributed by atoms with Crippen LogP contribution in [-0.4, -0.2) is 49.6 Å². The summed E-state index contributed by atoms with van der Waals surface area (Å²) < 4.78 is 0. The van der Waals surface area contributed by atoms with Crippen LogP contribution >= 0.6 is 24.0 Å². The normalized spacial score (nSPS) is 20.1. The molecule has 1 aliphatic heterocycles. The van der Waals surface area contributed by atoms with Crippen LogP contribution in [0.3, 0.4) is 0 Å². The predicted octanol–water partition coefficient (Wildman–Crippen LogP) is 2.61. The van der Waals surface area contributed by atoms with Gasteiger partial charge in [-0.1, -0.05) is 12.5 Å². The van der Waals surface area contributed by atoms with Gasteiger partial charge in [-0.2, -0.15) is 0 Å². The molecule has 0 amide bonds. The number of hydrogen-bond acceptors (Lipinski definition) is 2. The van der Waals surface area contributed by atoms with Gasteiger partial charge >= 0.3 is 0 Å². The van der Waals surface area contributed by atoms with E-state index in [4.69, 9.17) is 0 Å². The molecule has 0 saturated carbocycles. The summed E-state index contributed by atoms with van der Waals surface area (Å²) in [7, 11) is 0. The second-order valence-electron chi connectivity index (χ2n) is 5.16. The van der Waals surface area contributed by atoms with Crippen molar-refractivity contribution < 1.29 is 0 Å². The molecular formula is C15H31IN4. The van der Waals surface area contributed by atoms with Crippen LogP contribution in [0.2, 0.25) is 0 Å². The van der Waals surface area contributed by atoms with Crippen LogP contribution in [0.1, 0.15) is 39.5 Å². The van der Waals surface area contributed by atoms with Crippen molar-refractivity contribution in [2.24, 2.45) is 4.99 Å². The van der Waals surface area contributed by atoms with Gasteiger partial charge in [-0.25, -0.2) is 0 Å². The monoisotopic (exact) mass is 394 g/mol. The fourth-order valence-electron chi connectivity index (χ4n) is 2.47. The van der Waals surface area contributed by atoms with E-state index < -0.39 is 0 Å². The van der Waals surface area contributed by atoms with Crippen LogP contribution in [0, 0.1) is 0 Å². The van der Waals surface area contributed by atoms with E-state index in [1.807, 2.05) is 6.08 Å². The molecule has 1 fully saturated rings. The highest BCUT2D eigenvalue weighted by Crippen LogP contribution is 2.16. The van der Waals surface area contributed by atoms with Gasteiger partial charge in [0, 0.05) is 32.2 Å². The zero-order valence-electron chi connectivity index (χ0n) is 13.0. The Kier molecular flexibility index (Phi) is 12.3. The quantitative estimate of drug-likeness (QED) is 0.229. The van der Waals surface area contributed by atoms with Crippen LogP contribution in [-0.2, 0) is 0 Å². The van der Waals surface area contributed by atoms with E-state index in [1.165, 1.54) is 32.4 Å². The molecule has 118 valence electrons. The minimum atomic E-state index is 0. The van der Waals surface area contributed by atoms with Crippen molar-refractivity contribution >= 4 is 29.9 Å². The average Bonchev–Trinajstić information content (AvgIpc) is 2.42. The van der Waals surface area contributed by atoms with E-state index in [0.29, 0.717) is 0 Å². The molecule has 1 unspecified atom stereocenters. The molecule has 1 aliphatic rings. The molecule has 5 heteroatoms. The molecule has 1 atom stereocenters. The summed E-state index contributed by atoms with van der Waals surface area (Å²) >= 11 is 0. The summed E-state index contributed by atoms with van der Waals surface area (Å²) in [4.78, 5) is 7.18. The Hall–Kier alpha value is -0.300. The lowest BCUT2D eigenvalue weighted by Crippen LogP contribution is -2.39. The highest BCUT2D eigenvalue weighted by atomic mass is 127. The molecule has 0 spiro atoms. The van der Waals surface area contributed by atoms with Gasteiger partial charge in [0.1, 0.15) is 0 Å². The van der Waals surface area contributed by atoms with E-state index in [2.05, 4.69) is 41.0 Å². The zero-order valence-corrected chi connectivity index (χ0v) is 15.4. The van der Waals surface area contributed by atoms with E-state index in [1.54, 1.807) is 0 Å². The fraction of sp³-hybridized carbons (Fsp3) is 0.800. The zero-order chi connectivity index (χ0) is 13.9. The third-order valence-corrected chi connectivity index (χ3v) is 3.57. The van der Waals surface area contributed by atoms with Crippen LogP contribution in [0.5, 0.6) is 0 Å². The Bertz CT molecular complexity index is 281. The first-order valence-electron chi connectivity index (χ1n) is 7.65. The Morgan fingerprint density at radius 3 is 2.85 bits per heavy atom. The van der Waals surface area contributed by atoms with Crippen molar-refractivity contribution in [3.8, 4) is 0 Å². The number of nitrogens with one attached hydrogen (secondary N) is 2. The smallest absolute Gasteiger partial charge is 0.191 e. The Morgan fingerprint density at radius 2 is 2.20 bits per heavy atom. The largest absolute Gasteiger partial charge is 0.357 e. The Balaban J connectivity index is 0.00000361. The molecule has 0 aliphatic carbocycles. The van der Waals surface area contributed by atoms with Gasteiger partial charge in [0.05, 0.1) is 0 Å². The highest BCUT2D eigenvalue weighted by Gasteiger charge is 2.16. The van der Waals surface area contributed by atoms with Crippen LogP contribution in [0.15, 0.2) is 17.6 Å². The summed E-state index contributed by atoms with van der Waals surface area (Å²) in [5, 5.41) is 6.47. The van der Waals surface area contributed by atoms with Crippen molar-refractivity contribution in [1.82, 2.24) is 15.5 Å². The standard InChI is InChI=1S/C15H30N4.HI/c1-4-10-17-15(16-5-2)18-11-8-13-19-12-7-6-9-14(19)3;/h4,14H,1,5-13H2,2-3H3,(H2,16,17,18);1H. The van der Waals surface area contributed by atoms with Crippen LogP contribution in [0.4, 0.5) is 0 Å². The van der Waals surface area contributed by atoms with Gasteiger partial charge in [0.25, 0.3) is 0 Å². The second-order valence-corrected chi connectivity index (χ2v) is 5.16. The van der Waals surface area contributed by atoms with Crippen molar-refractivity contribution in [3.05, 3.63) is 12.7 Å². The van der Waals surface area contributed by atoms with Gasteiger partial charge in [-0.3, -0.25) is 4.99 Å². The summed E-state index contributed by atoms with van der Waals surface area (Å²) in [6.07, 6.45) is 7.09. The fourth-order valence-corrected chi connectivity index (χ4v) is 2.47. The molecule has 0 bridgehead atoms. The molecule has 0 radical (unpaired) electrons. The third kappa shape index (κ3) is 8.09. The molecule has 0 aromatic heterocycles. The third-order valence-electron chi connectivity index (χ3n) is 3.57. The maximum Gasteiger partial charge on any atom is 0.191 e. The number of likely N-dealkylation sites (tertiary alicyclic amines) is 1. The average molecular weight is 394 g/mol. The van der Waals surface area contributed by atoms with Crippen molar-refractivity contribution in [2.75, 3.05) is 32.7 Å². The molecule has 0 aromatic rings. The lowest BCUT2D eigenvalue weighted by molar-refractivity contribution is 0.160. The summed E-state index contributed by atoms with van der Waals surface area (Å²) in [5.74, 6) is 0.897. The van der Waals surface area contributed by atoms with Crippen molar-refractivity contribution in [2.45, 2.75) is 45.6 Å². The number of hydrogen-bond donors (Lipinski definition) is 2. The summed E-state index contributed by atoms with van der Waals surface area (Å²) in [5.41, 5.74) is 0. The lowest BCUT2D eigenvalue weighted by Gasteiger charge is -2.33. The lowest BCUT2D eigenvalue weighted by atomic mass is 10.0. The van der Waals surface area contributed by atoms with Crippen LogP contribution < -0.4 is 10.6 Å². The second kappa shape index (κ2) is 12.4. The molecule has 1 heterocycles. The number of nitrogens with zero attached hydrogens (tertiary/aromatic N) is 2. The molecule has 1 saturated heterocycles. The maximum atomic E-state index is 4.58. The molecule has 1 rings (SSSR count). The highest BCUT2D eigenvalue weighted by molar-refractivity contribution is 14.0. The molecule has 4 nitrogen and oxygen atoms in total. The predicted molar refractivity (Wildman–Crippen MR) is 99.1 cm³/mol. The molecule has 0 aromatic carbocycles. The number of halogens is 1. The van der Waals surface area contributed by atoms with E-state index in [0.717, 1.165) is 38.1 Å². The van der Waals surface area contributed by atoms with Gasteiger partial charge in [0.2, 0.25) is 0 Å². The van der Waals surface area contributed by atoms with Gasteiger partial charge in [-0.05, 0) is 39.7 Å². The molecular weight excluding hydrogens is 363 g/mol. The van der Waals surface area contributed by atoms with Gasteiger partial charge in [0.15, 0.2) is 5.96 Å². The first-order chi connectivity index (χ1) is 9.27. The van der Waals surface area contributed by atoms with Crippen molar-refractivity contribution in [3.63, 3.8) is 0 Å². The molecule has 2 N–H and O–H groups in total. The number of rotatable bonds is 7. The van der Waals surface area contributed by atoms with E-state index >= 15 is 0 Å². The summed E-state index contributed by atoms with van der Waals surface area (Å²) in [6.45, 7) is 13.1. The Labute approximate surface area is 141 Å². The number of piperidine rings is 1. The minimum absolute atomic E-state index is 0. The Morgan fingerprint density at radius 1 is 1.40 bits per heavy atom. The summed E-state index contributed by atoms with van der Waals surface area (Å²) in [6, 6.07) is 0.754. The van der Waals surface area contributed by atoms with Gasteiger partial charge < -0.3 is 15.5 Å². The van der Waals surface area contributed by atoms with Crippen LogP contribution in [0.25, 0.3) is 0 Å². The first-order valence-corrected chi connectivity index (χ1v) is 7.65. The van der Waals surface area contributed by atoms with E-state index in [-0.39, 0.29) is 24.0 Å². The van der Waals surface area contributed by atoms with Crippen molar-refractivity contribution in [1.29, 1.82) is 0 Å². The SMILES string of the molecule is C=CCNC(=NCCCN1CCCCC1C)NCC.I. The first kappa shape index (κ1) is 19.7. The topological polar surface area (TPSA) is 39.7 Å². The maximum absolute atomic E-state index is 4.58. The molecule has 20 heavy (non-hydrogen) atoms. The number of aliphatic imine (C=N–C) groups is 1.